The van der Waals surface area contributed by atoms with Gasteiger partial charge in [-0.3, -0.25) is 0 Å². The predicted molar refractivity (Wildman–Crippen MR) is 68.6 cm³/mol. The number of alkyl halides is 1. The van der Waals surface area contributed by atoms with Gasteiger partial charge in [-0.25, -0.2) is 19.9 Å². The number of nitrogens with zero attached hydrogens (tertiary/aromatic N) is 4. The van der Waals surface area contributed by atoms with E-state index in [2.05, 4.69) is 19.9 Å². The van der Waals surface area contributed by atoms with Gasteiger partial charge in [-0.2, -0.15) is 0 Å². The van der Waals surface area contributed by atoms with E-state index >= 15 is 0 Å². The molecule has 2 aromatic rings. The smallest absolute Gasteiger partial charge is 0.216 e. The summed E-state index contributed by atoms with van der Waals surface area (Å²) in [6, 6.07) is 1.69. The molecule has 0 aliphatic carbocycles. The molecule has 0 spiro atoms. The van der Waals surface area contributed by atoms with Gasteiger partial charge in [0, 0.05) is 23.5 Å². The Morgan fingerprint density at radius 3 is 2.67 bits per heavy atom. The SMILES string of the molecule is COc1cc(-c2ncc(C(C)Cl)c(C)n2)ncn1. The number of hydrogen-bond donors (Lipinski definition) is 0. The zero-order chi connectivity index (χ0) is 13.1. The Morgan fingerprint density at radius 1 is 1.28 bits per heavy atom. The van der Waals surface area contributed by atoms with Gasteiger partial charge in [-0.05, 0) is 13.8 Å². The summed E-state index contributed by atoms with van der Waals surface area (Å²) in [7, 11) is 1.55. The lowest BCUT2D eigenvalue weighted by molar-refractivity contribution is 0.397. The van der Waals surface area contributed by atoms with Gasteiger partial charge in [0.2, 0.25) is 5.88 Å². The summed E-state index contributed by atoms with van der Waals surface area (Å²) in [4.78, 5) is 16.7. The molecule has 6 heteroatoms. The third-order valence-corrected chi connectivity index (χ3v) is 2.76. The molecule has 1 atom stereocenters. The Hall–Kier alpha value is -1.75. The maximum atomic E-state index is 6.03. The van der Waals surface area contributed by atoms with E-state index in [9.17, 15) is 0 Å². The molecule has 0 aliphatic heterocycles. The third-order valence-electron chi connectivity index (χ3n) is 2.53. The highest BCUT2D eigenvalue weighted by Crippen LogP contribution is 2.23. The van der Waals surface area contributed by atoms with E-state index in [1.165, 1.54) is 6.33 Å². The van der Waals surface area contributed by atoms with Gasteiger partial charge < -0.3 is 4.74 Å². The molecule has 0 aromatic carbocycles. The fourth-order valence-electron chi connectivity index (χ4n) is 1.56. The molecule has 5 nitrogen and oxygen atoms in total. The zero-order valence-electron chi connectivity index (χ0n) is 10.4. The van der Waals surface area contributed by atoms with Crippen molar-refractivity contribution in [2.24, 2.45) is 0 Å². The molecular formula is C12H13ClN4O. The van der Waals surface area contributed by atoms with Crippen molar-refractivity contribution in [3.8, 4) is 17.4 Å². The van der Waals surface area contributed by atoms with Crippen molar-refractivity contribution in [2.45, 2.75) is 19.2 Å². The highest BCUT2D eigenvalue weighted by Gasteiger charge is 2.11. The maximum absolute atomic E-state index is 6.03. The summed E-state index contributed by atoms with van der Waals surface area (Å²) in [5, 5.41) is -0.112. The molecule has 2 rings (SSSR count). The fourth-order valence-corrected chi connectivity index (χ4v) is 1.78. The molecule has 94 valence electrons. The van der Waals surface area contributed by atoms with E-state index in [4.69, 9.17) is 16.3 Å². The van der Waals surface area contributed by atoms with Crippen molar-refractivity contribution in [1.82, 2.24) is 19.9 Å². The summed E-state index contributed by atoms with van der Waals surface area (Å²) >= 11 is 6.03. The van der Waals surface area contributed by atoms with Crippen molar-refractivity contribution in [2.75, 3.05) is 7.11 Å². The molecule has 1 unspecified atom stereocenters. The topological polar surface area (TPSA) is 60.8 Å². The number of aryl methyl sites for hydroxylation is 1. The Bertz CT molecular complexity index is 560. The second-order valence-corrected chi connectivity index (χ2v) is 4.45. The van der Waals surface area contributed by atoms with Crippen molar-refractivity contribution < 1.29 is 4.74 Å². The number of hydrogen-bond acceptors (Lipinski definition) is 5. The monoisotopic (exact) mass is 264 g/mol. The van der Waals surface area contributed by atoms with E-state index in [1.807, 2.05) is 13.8 Å². The molecule has 0 amide bonds. The molecule has 0 saturated heterocycles. The first-order chi connectivity index (χ1) is 8.61. The fraction of sp³-hybridized carbons (Fsp3) is 0.333. The minimum absolute atomic E-state index is 0.112. The molecule has 2 aromatic heterocycles. The second kappa shape index (κ2) is 5.27. The van der Waals surface area contributed by atoms with E-state index < -0.39 is 0 Å². The summed E-state index contributed by atoms with van der Waals surface area (Å²) in [5.41, 5.74) is 2.39. The molecule has 0 fully saturated rings. The third kappa shape index (κ3) is 2.56. The van der Waals surface area contributed by atoms with Crippen LogP contribution in [0, 0.1) is 6.92 Å². The zero-order valence-corrected chi connectivity index (χ0v) is 11.1. The Morgan fingerprint density at radius 2 is 2.06 bits per heavy atom. The van der Waals surface area contributed by atoms with Crippen LogP contribution < -0.4 is 4.74 Å². The van der Waals surface area contributed by atoms with Crippen LogP contribution in [0.4, 0.5) is 0 Å². The van der Waals surface area contributed by atoms with Crippen LogP contribution in [-0.2, 0) is 0 Å². The minimum Gasteiger partial charge on any atom is -0.481 e. The van der Waals surface area contributed by atoms with E-state index in [-0.39, 0.29) is 5.38 Å². The maximum Gasteiger partial charge on any atom is 0.216 e. The van der Waals surface area contributed by atoms with Crippen LogP contribution in [0.3, 0.4) is 0 Å². The average Bonchev–Trinajstić information content (AvgIpc) is 2.38. The van der Waals surface area contributed by atoms with E-state index in [0.29, 0.717) is 17.4 Å². The summed E-state index contributed by atoms with van der Waals surface area (Å²) in [6.45, 7) is 3.79. The molecule has 0 aliphatic rings. The second-order valence-electron chi connectivity index (χ2n) is 3.80. The summed E-state index contributed by atoms with van der Waals surface area (Å²) in [6.07, 6.45) is 3.15. The first-order valence-electron chi connectivity index (χ1n) is 5.46. The number of halogens is 1. The van der Waals surface area contributed by atoms with Crippen LogP contribution in [0.15, 0.2) is 18.6 Å². The lowest BCUT2D eigenvalue weighted by Gasteiger charge is -2.08. The van der Waals surface area contributed by atoms with Gasteiger partial charge in [-0.1, -0.05) is 0 Å². The molecule has 0 N–H and O–H groups in total. The first-order valence-corrected chi connectivity index (χ1v) is 5.89. The average molecular weight is 265 g/mol. The van der Waals surface area contributed by atoms with Crippen LogP contribution >= 0.6 is 11.6 Å². The molecule has 0 saturated carbocycles. The van der Waals surface area contributed by atoms with Gasteiger partial charge >= 0.3 is 0 Å². The van der Waals surface area contributed by atoms with E-state index in [1.54, 1.807) is 19.4 Å². The highest BCUT2D eigenvalue weighted by molar-refractivity contribution is 6.20. The first kappa shape index (κ1) is 12.7. The van der Waals surface area contributed by atoms with Gasteiger partial charge in [0.1, 0.15) is 12.0 Å². The Balaban J connectivity index is 2.42. The van der Waals surface area contributed by atoms with Crippen LogP contribution in [0.1, 0.15) is 23.6 Å². The van der Waals surface area contributed by atoms with Crippen molar-refractivity contribution >= 4 is 11.6 Å². The molecule has 2 heterocycles. The molecule has 18 heavy (non-hydrogen) atoms. The predicted octanol–water partition coefficient (Wildman–Crippen LogP) is 2.55. The minimum atomic E-state index is -0.112. The quantitative estimate of drug-likeness (QED) is 0.798. The van der Waals surface area contributed by atoms with Gasteiger partial charge in [0.25, 0.3) is 0 Å². The van der Waals surface area contributed by atoms with Gasteiger partial charge in [-0.15, -0.1) is 11.6 Å². The van der Waals surface area contributed by atoms with Crippen molar-refractivity contribution in [1.29, 1.82) is 0 Å². The van der Waals surface area contributed by atoms with Crippen LogP contribution in [0.25, 0.3) is 11.5 Å². The lowest BCUT2D eigenvalue weighted by atomic mass is 10.2. The van der Waals surface area contributed by atoms with Crippen LogP contribution in [0.2, 0.25) is 0 Å². The Labute approximate surface area is 110 Å². The Kier molecular flexibility index (Phi) is 3.72. The van der Waals surface area contributed by atoms with Crippen LogP contribution in [0.5, 0.6) is 5.88 Å². The van der Waals surface area contributed by atoms with Gasteiger partial charge in [0.05, 0.1) is 12.5 Å². The molecule has 0 radical (unpaired) electrons. The van der Waals surface area contributed by atoms with Crippen molar-refractivity contribution in [3.05, 3.63) is 29.8 Å². The number of aromatic nitrogens is 4. The lowest BCUT2D eigenvalue weighted by Crippen LogP contribution is -2.00. The number of methoxy groups -OCH3 is 1. The number of ether oxygens (including phenoxy) is 1. The van der Waals surface area contributed by atoms with Crippen molar-refractivity contribution in [3.63, 3.8) is 0 Å². The molecular weight excluding hydrogens is 252 g/mol. The highest BCUT2D eigenvalue weighted by atomic mass is 35.5. The van der Waals surface area contributed by atoms with Gasteiger partial charge in [0.15, 0.2) is 5.82 Å². The summed E-state index contributed by atoms with van der Waals surface area (Å²) in [5.74, 6) is 1.02. The largest absolute Gasteiger partial charge is 0.481 e. The number of rotatable bonds is 3. The van der Waals surface area contributed by atoms with E-state index in [0.717, 1.165) is 11.3 Å². The summed E-state index contributed by atoms with van der Waals surface area (Å²) < 4.78 is 5.04. The normalized spacial score (nSPS) is 12.2. The van der Waals surface area contributed by atoms with Crippen LogP contribution in [-0.4, -0.2) is 27.0 Å². The molecule has 0 bridgehead atoms. The standard InChI is InChI=1S/C12H13ClN4O/c1-7(13)9-5-14-12(17-8(9)2)10-4-11(18-3)16-6-15-10/h4-7H,1-3H3.